The molecule has 0 aliphatic heterocycles. The fraction of sp³-hybridized carbons (Fsp3) is 0.188. The van der Waals surface area contributed by atoms with E-state index in [0.717, 1.165) is 17.5 Å². The molecule has 0 saturated carbocycles. The van der Waals surface area contributed by atoms with Gasteiger partial charge in [0.15, 0.2) is 0 Å². The lowest BCUT2D eigenvalue weighted by atomic mass is 9.98. The zero-order valence-corrected chi connectivity index (χ0v) is 14.9. The fourth-order valence-electron chi connectivity index (χ4n) is 1.91. The summed E-state index contributed by atoms with van der Waals surface area (Å²) in [6.45, 7) is 2.03. The number of hydrogen-bond donors (Lipinski definition) is 4. The number of anilines is 1. The van der Waals surface area contributed by atoms with E-state index < -0.39 is 22.0 Å². The van der Waals surface area contributed by atoms with Crippen molar-refractivity contribution in [3.05, 3.63) is 60.2 Å². The molecule has 1 atom stereocenters. The summed E-state index contributed by atoms with van der Waals surface area (Å²) < 4.78 is 24.8. The second-order valence-corrected chi connectivity index (χ2v) is 6.99. The smallest absolute Gasteiger partial charge is 0.328 e. The van der Waals surface area contributed by atoms with Crippen LogP contribution in [0.2, 0.25) is 0 Å². The van der Waals surface area contributed by atoms with Crippen LogP contribution in [0.5, 0.6) is 0 Å². The van der Waals surface area contributed by atoms with Crippen molar-refractivity contribution in [2.24, 2.45) is 0 Å². The van der Waals surface area contributed by atoms with E-state index in [-0.39, 0.29) is 5.92 Å². The van der Waals surface area contributed by atoms with Crippen molar-refractivity contribution in [3.63, 3.8) is 0 Å². The fourth-order valence-corrected chi connectivity index (χ4v) is 2.47. The van der Waals surface area contributed by atoms with Crippen LogP contribution in [0.3, 0.4) is 0 Å². The van der Waals surface area contributed by atoms with Gasteiger partial charge >= 0.3 is 11.9 Å². The molecule has 0 aliphatic rings. The lowest BCUT2D eigenvalue weighted by Gasteiger charge is -2.12. The Morgan fingerprint density at radius 3 is 2.31 bits per heavy atom. The molecule has 0 aliphatic carbocycles. The molecule has 0 bridgehead atoms. The molecule has 0 fully saturated rings. The first-order chi connectivity index (χ1) is 12.1. The summed E-state index contributed by atoms with van der Waals surface area (Å²) in [6.07, 6.45) is 5.65. The molecule has 1 unspecified atom stereocenters. The van der Waals surface area contributed by atoms with Gasteiger partial charge in [0.2, 0.25) is 10.0 Å². The summed E-state index contributed by atoms with van der Waals surface area (Å²) in [5, 5.41) is 15.6. The standard InChI is InChI=1S/C12H15N3O2S.C4H4O4/c1-9(12-7-13-8-14-12)10-4-3-5-11(6-10)15-18(2,16)17;5-3(6)1-2-4(7)8/h3-9,15H,1-2H3,(H,13,14);1-2H,(H,5,6)(H,7,8)/b;2-1-. The van der Waals surface area contributed by atoms with Crippen molar-refractivity contribution < 1.29 is 28.2 Å². The number of H-pyrrole nitrogens is 1. The molecule has 9 nitrogen and oxygen atoms in total. The lowest BCUT2D eigenvalue weighted by molar-refractivity contribution is -0.134. The number of hydrogen-bond acceptors (Lipinski definition) is 5. The van der Waals surface area contributed by atoms with Crippen LogP contribution >= 0.6 is 0 Å². The lowest BCUT2D eigenvalue weighted by Crippen LogP contribution is -2.10. The van der Waals surface area contributed by atoms with Crippen LogP contribution < -0.4 is 4.72 Å². The van der Waals surface area contributed by atoms with Gasteiger partial charge in [0.1, 0.15) is 0 Å². The molecule has 0 saturated heterocycles. The minimum atomic E-state index is -3.24. The summed E-state index contributed by atoms with van der Waals surface area (Å²) in [4.78, 5) is 26.1. The van der Waals surface area contributed by atoms with E-state index in [1.807, 2.05) is 25.1 Å². The number of nitrogens with one attached hydrogen (secondary N) is 2. The topological polar surface area (TPSA) is 149 Å². The quantitative estimate of drug-likeness (QED) is 0.556. The van der Waals surface area contributed by atoms with Crippen LogP contribution in [0, 0.1) is 0 Å². The molecule has 26 heavy (non-hydrogen) atoms. The number of aliphatic carboxylic acids is 2. The van der Waals surface area contributed by atoms with E-state index in [4.69, 9.17) is 10.2 Å². The van der Waals surface area contributed by atoms with Gasteiger partial charge in [-0.1, -0.05) is 19.1 Å². The first-order valence-electron chi connectivity index (χ1n) is 7.28. The van der Waals surface area contributed by atoms with E-state index in [0.29, 0.717) is 17.8 Å². The van der Waals surface area contributed by atoms with Crippen molar-refractivity contribution in [2.45, 2.75) is 12.8 Å². The molecular weight excluding hydrogens is 362 g/mol. The molecule has 1 aromatic heterocycles. The van der Waals surface area contributed by atoms with E-state index in [1.54, 1.807) is 18.6 Å². The molecular formula is C16H19N3O6S. The molecule has 0 radical (unpaired) electrons. The first kappa shape index (κ1) is 20.9. The zero-order chi connectivity index (χ0) is 19.7. The van der Waals surface area contributed by atoms with Gasteiger partial charge in [-0.25, -0.2) is 23.0 Å². The monoisotopic (exact) mass is 381 g/mol. The van der Waals surface area contributed by atoms with Crippen LogP contribution in [0.25, 0.3) is 0 Å². The molecule has 2 aromatic rings. The van der Waals surface area contributed by atoms with E-state index >= 15 is 0 Å². The van der Waals surface area contributed by atoms with Crippen molar-refractivity contribution in [2.75, 3.05) is 11.0 Å². The summed E-state index contributed by atoms with van der Waals surface area (Å²) in [5.41, 5.74) is 2.58. The predicted molar refractivity (Wildman–Crippen MR) is 95.4 cm³/mol. The number of benzene rings is 1. The first-order valence-corrected chi connectivity index (χ1v) is 9.17. The molecule has 1 aromatic carbocycles. The number of aromatic amines is 1. The summed E-state index contributed by atoms with van der Waals surface area (Å²) in [5.74, 6) is -2.38. The van der Waals surface area contributed by atoms with Gasteiger partial charge in [0.25, 0.3) is 0 Å². The summed E-state index contributed by atoms with van der Waals surface area (Å²) >= 11 is 0. The molecule has 0 amide bonds. The summed E-state index contributed by atoms with van der Waals surface area (Å²) in [6, 6.07) is 7.34. The number of carboxylic acids is 2. The van der Waals surface area contributed by atoms with Crippen molar-refractivity contribution in [1.29, 1.82) is 0 Å². The van der Waals surface area contributed by atoms with Crippen LogP contribution in [-0.2, 0) is 19.6 Å². The number of imidazole rings is 1. The normalized spacial score (nSPS) is 12.1. The number of sulfonamides is 1. The van der Waals surface area contributed by atoms with Gasteiger partial charge in [-0.05, 0) is 17.7 Å². The Morgan fingerprint density at radius 1 is 1.23 bits per heavy atom. The molecule has 10 heteroatoms. The maximum Gasteiger partial charge on any atom is 0.328 e. The highest BCUT2D eigenvalue weighted by Gasteiger charge is 2.11. The number of aromatic nitrogens is 2. The molecule has 2 rings (SSSR count). The van der Waals surface area contributed by atoms with Gasteiger partial charge in [-0.2, -0.15) is 0 Å². The van der Waals surface area contributed by atoms with E-state index in [1.165, 1.54) is 0 Å². The number of carbonyl (C=O) groups is 2. The van der Waals surface area contributed by atoms with Gasteiger partial charge in [0.05, 0.1) is 12.6 Å². The third-order valence-corrected chi connectivity index (χ3v) is 3.65. The average Bonchev–Trinajstić information content (AvgIpc) is 3.06. The zero-order valence-electron chi connectivity index (χ0n) is 14.1. The van der Waals surface area contributed by atoms with Crippen molar-refractivity contribution >= 4 is 27.6 Å². The molecule has 0 spiro atoms. The predicted octanol–water partition coefficient (Wildman–Crippen LogP) is 1.64. The van der Waals surface area contributed by atoms with Gasteiger partial charge < -0.3 is 15.2 Å². The number of carboxylic acid groups (broad SMARTS) is 2. The minimum Gasteiger partial charge on any atom is -0.478 e. The number of nitrogens with zero attached hydrogens (tertiary/aromatic N) is 1. The molecule has 1 heterocycles. The third kappa shape index (κ3) is 8.11. The van der Waals surface area contributed by atoms with Crippen LogP contribution in [0.4, 0.5) is 5.69 Å². The van der Waals surface area contributed by atoms with Gasteiger partial charge in [-0.3, -0.25) is 4.72 Å². The Bertz CT molecular complexity index is 859. The Hall–Kier alpha value is -3.14. The minimum absolute atomic E-state index is 0.133. The number of rotatable bonds is 6. The van der Waals surface area contributed by atoms with Crippen LogP contribution in [0.1, 0.15) is 24.1 Å². The van der Waals surface area contributed by atoms with E-state index in [9.17, 15) is 18.0 Å². The maximum atomic E-state index is 11.2. The van der Waals surface area contributed by atoms with E-state index in [2.05, 4.69) is 14.7 Å². The van der Waals surface area contributed by atoms with Gasteiger partial charge in [0, 0.05) is 35.6 Å². The maximum absolute atomic E-state index is 11.2. The van der Waals surface area contributed by atoms with Crippen molar-refractivity contribution in [1.82, 2.24) is 9.97 Å². The Morgan fingerprint density at radius 2 is 1.85 bits per heavy atom. The second-order valence-electron chi connectivity index (χ2n) is 5.24. The Kier molecular flexibility index (Phi) is 7.53. The summed E-state index contributed by atoms with van der Waals surface area (Å²) in [7, 11) is -3.24. The SMILES string of the molecule is CC(c1cccc(NS(C)(=O)=O)c1)c1cnc[nH]1.O=C(O)/C=C\C(=O)O. The second kappa shape index (κ2) is 9.37. The Balaban J connectivity index is 0.000000359. The van der Waals surface area contributed by atoms with Crippen LogP contribution in [-0.4, -0.2) is 46.8 Å². The molecule has 4 N–H and O–H groups in total. The largest absolute Gasteiger partial charge is 0.478 e. The Labute approximate surface area is 150 Å². The molecule has 140 valence electrons. The highest BCUT2D eigenvalue weighted by atomic mass is 32.2. The van der Waals surface area contributed by atoms with Crippen LogP contribution in [0.15, 0.2) is 48.9 Å². The van der Waals surface area contributed by atoms with Crippen molar-refractivity contribution in [3.8, 4) is 0 Å². The third-order valence-electron chi connectivity index (χ3n) is 3.04. The highest BCUT2D eigenvalue weighted by molar-refractivity contribution is 7.92. The van der Waals surface area contributed by atoms with Gasteiger partial charge in [-0.15, -0.1) is 0 Å². The highest BCUT2D eigenvalue weighted by Crippen LogP contribution is 2.24. The average molecular weight is 381 g/mol.